The van der Waals surface area contributed by atoms with Gasteiger partial charge in [0.25, 0.3) is 0 Å². The summed E-state index contributed by atoms with van der Waals surface area (Å²) in [4.78, 5) is 57.6. The molecule has 14 atom stereocenters. The fourth-order valence-electron chi connectivity index (χ4n) is 7.97. The monoisotopic (exact) mass is 683 g/mol. The highest BCUT2D eigenvalue weighted by atomic mass is 16.7. The van der Waals surface area contributed by atoms with Gasteiger partial charge in [-0.05, 0) is 73.9 Å². The zero-order valence-electron chi connectivity index (χ0n) is 31.1. The summed E-state index contributed by atoms with van der Waals surface area (Å²) in [5.41, 5.74) is -1.31. The topological polar surface area (TPSA) is 153 Å². The molecule has 3 fully saturated rings. The molecule has 0 bridgehead atoms. The number of esters is 1. The number of cyclic esters (lactones) is 1. The van der Waals surface area contributed by atoms with Crippen LogP contribution in [0.3, 0.4) is 0 Å². The first-order chi connectivity index (χ1) is 22.4. The van der Waals surface area contributed by atoms with E-state index in [-0.39, 0.29) is 23.8 Å². The summed E-state index contributed by atoms with van der Waals surface area (Å²) >= 11 is 0. The van der Waals surface area contributed by atoms with E-state index in [9.17, 15) is 24.3 Å². The van der Waals surface area contributed by atoms with E-state index >= 15 is 0 Å². The first-order valence-corrected chi connectivity index (χ1v) is 17.8. The minimum atomic E-state index is -1.31. The lowest BCUT2D eigenvalue weighted by molar-refractivity contribution is -0.283. The Bertz CT molecular complexity index is 1130. The molecule has 3 aliphatic rings. The molecule has 3 rings (SSSR count). The van der Waals surface area contributed by atoms with E-state index in [2.05, 4.69) is 5.32 Å². The number of hydrogen-bond acceptors (Lipinski definition) is 11. The van der Waals surface area contributed by atoms with Crippen molar-refractivity contribution in [2.24, 2.45) is 29.6 Å². The van der Waals surface area contributed by atoms with E-state index in [1.165, 1.54) is 4.90 Å². The SMILES string of the molecule is CC[C@H]1OC(=O)[C@H](C)[C@@H](OC(=O)N(CC)CC)[C@@H](C)[C@H](O[C@@H]2O[C@H](C)C[C@H](N(C)C)[C@H]2O)C(C)C[C@@H](C)C(=O)[C@H](C)[C@H]2NC(=O)O[C@@]21C. The number of aliphatic hydroxyl groups is 1. The summed E-state index contributed by atoms with van der Waals surface area (Å²) < 4.78 is 30.9. The third kappa shape index (κ3) is 8.45. The molecule has 13 heteroatoms. The van der Waals surface area contributed by atoms with Crippen LogP contribution >= 0.6 is 0 Å². The van der Waals surface area contributed by atoms with Crippen LogP contribution in [0.2, 0.25) is 0 Å². The molecule has 3 heterocycles. The third-order valence-electron chi connectivity index (χ3n) is 10.9. The van der Waals surface area contributed by atoms with E-state index in [0.29, 0.717) is 32.4 Å². The number of nitrogens with zero attached hydrogens (tertiary/aromatic N) is 2. The molecule has 48 heavy (non-hydrogen) atoms. The highest BCUT2D eigenvalue weighted by molar-refractivity contribution is 5.85. The predicted molar refractivity (Wildman–Crippen MR) is 178 cm³/mol. The second kappa shape index (κ2) is 16.5. The van der Waals surface area contributed by atoms with Crippen molar-refractivity contribution in [2.75, 3.05) is 27.2 Å². The lowest BCUT2D eigenvalue weighted by atomic mass is 9.75. The first-order valence-electron chi connectivity index (χ1n) is 17.8. The molecule has 0 saturated carbocycles. The minimum absolute atomic E-state index is 0.0818. The van der Waals surface area contributed by atoms with E-state index in [4.69, 9.17) is 23.7 Å². The van der Waals surface area contributed by atoms with E-state index in [1.807, 2.05) is 67.5 Å². The van der Waals surface area contributed by atoms with Crippen LogP contribution < -0.4 is 5.32 Å². The van der Waals surface area contributed by atoms with Crippen LogP contribution in [0.1, 0.15) is 88.5 Å². The summed E-state index contributed by atoms with van der Waals surface area (Å²) in [5, 5.41) is 14.2. The van der Waals surface area contributed by atoms with Gasteiger partial charge in [-0.2, -0.15) is 0 Å². The van der Waals surface area contributed by atoms with Gasteiger partial charge in [0.1, 0.15) is 24.1 Å². The highest BCUT2D eigenvalue weighted by Gasteiger charge is 2.56. The number of aliphatic hydroxyl groups excluding tert-OH is 1. The fourth-order valence-corrected chi connectivity index (χ4v) is 7.97. The maximum Gasteiger partial charge on any atom is 0.410 e. The maximum absolute atomic E-state index is 14.0. The summed E-state index contributed by atoms with van der Waals surface area (Å²) in [6.07, 6.45) is -4.75. The second-order valence-electron chi connectivity index (χ2n) is 14.7. The van der Waals surface area contributed by atoms with Gasteiger partial charge in [0.15, 0.2) is 11.9 Å². The number of Topliss-reactive ketones (excluding diaryl/α,β-unsaturated/α-hetero) is 1. The first kappa shape index (κ1) is 40.0. The van der Waals surface area contributed by atoms with E-state index < -0.39 is 84.2 Å². The number of ether oxygens (including phenoxy) is 5. The number of carbonyl (C=O) groups is 4. The average Bonchev–Trinajstić information content (AvgIpc) is 3.34. The van der Waals surface area contributed by atoms with Crippen molar-refractivity contribution in [3.05, 3.63) is 0 Å². The molecule has 3 aliphatic heterocycles. The molecule has 2 amide bonds. The molecule has 276 valence electrons. The molecule has 0 aliphatic carbocycles. The maximum atomic E-state index is 14.0. The molecule has 0 aromatic rings. The van der Waals surface area contributed by atoms with Crippen molar-refractivity contribution in [3.8, 4) is 0 Å². The summed E-state index contributed by atoms with van der Waals surface area (Å²) in [6.45, 7) is 19.0. The minimum Gasteiger partial charge on any atom is -0.458 e. The smallest absolute Gasteiger partial charge is 0.410 e. The number of fused-ring (bicyclic) bond motifs is 1. The number of likely N-dealkylation sites (N-methyl/N-ethyl adjacent to an activating group) is 1. The molecule has 13 nitrogen and oxygen atoms in total. The number of hydrogen-bond donors (Lipinski definition) is 2. The standard InChI is InChI=1S/C35H61N3O10/c1-13-25-35(10)30(36-33(42)48-35)21(7)26(39)18(4)16-19(5)28(46-32-27(40)24(37(11)12)17-20(6)44-32)22(8)29(23(9)31(41)45-25)47-34(43)38(14-2)15-3/h18-25,27-30,32,40H,13-17H2,1-12H3,(H,36,42)/t18-,19?,20-,21+,22+,23-,24+,25-,27-,28-,29+,30-,32+,35-/m1/s1. The molecule has 3 saturated heterocycles. The Morgan fingerprint density at radius 3 is 2.17 bits per heavy atom. The lowest BCUT2D eigenvalue weighted by Crippen LogP contribution is -2.58. The molecule has 1 unspecified atom stereocenters. The summed E-state index contributed by atoms with van der Waals surface area (Å²) in [6, 6.07) is -0.970. The third-order valence-corrected chi connectivity index (χ3v) is 10.9. The Hall–Kier alpha value is -2.48. The number of rotatable bonds is 7. The van der Waals surface area contributed by atoms with Gasteiger partial charge < -0.3 is 43.9 Å². The van der Waals surface area contributed by atoms with Gasteiger partial charge in [-0.1, -0.05) is 34.6 Å². The van der Waals surface area contributed by atoms with Crippen LogP contribution in [-0.2, 0) is 33.3 Å². The van der Waals surface area contributed by atoms with Crippen LogP contribution in [0.15, 0.2) is 0 Å². The molecule has 0 aromatic heterocycles. The Morgan fingerprint density at radius 1 is 0.979 bits per heavy atom. The van der Waals surface area contributed by atoms with Gasteiger partial charge in [0, 0.05) is 36.9 Å². The van der Waals surface area contributed by atoms with E-state index in [1.54, 1.807) is 20.8 Å². The van der Waals surface area contributed by atoms with Crippen LogP contribution in [0.4, 0.5) is 9.59 Å². The molecule has 0 spiro atoms. The van der Waals surface area contributed by atoms with Gasteiger partial charge in [0.05, 0.1) is 24.2 Å². The number of ketones is 1. The number of nitrogens with one attached hydrogen (secondary N) is 1. The molecular formula is C35H61N3O10. The molecule has 0 aromatic carbocycles. The Labute approximate surface area is 286 Å². The number of amides is 2. The van der Waals surface area contributed by atoms with Gasteiger partial charge in [-0.25, -0.2) is 9.59 Å². The molecule has 0 radical (unpaired) electrons. The van der Waals surface area contributed by atoms with Crippen molar-refractivity contribution in [1.82, 2.24) is 15.1 Å². The highest BCUT2D eigenvalue weighted by Crippen LogP contribution is 2.39. The lowest BCUT2D eigenvalue weighted by Gasteiger charge is -2.45. The van der Waals surface area contributed by atoms with Crippen molar-refractivity contribution in [3.63, 3.8) is 0 Å². The van der Waals surface area contributed by atoms with E-state index in [0.717, 1.165) is 0 Å². The molecule has 2 N–H and O–H groups in total. The quantitative estimate of drug-likeness (QED) is 0.296. The van der Waals surface area contributed by atoms with Gasteiger partial charge in [-0.3, -0.25) is 9.59 Å². The van der Waals surface area contributed by atoms with Crippen LogP contribution in [0.5, 0.6) is 0 Å². The van der Waals surface area contributed by atoms with Crippen molar-refractivity contribution in [1.29, 1.82) is 0 Å². The van der Waals surface area contributed by atoms with Crippen LogP contribution in [-0.4, -0.2) is 121 Å². The summed E-state index contributed by atoms with van der Waals surface area (Å²) in [5.74, 6) is -3.71. The van der Waals surface area contributed by atoms with Crippen molar-refractivity contribution < 1.29 is 48.0 Å². The second-order valence-corrected chi connectivity index (χ2v) is 14.7. The van der Waals surface area contributed by atoms with Gasteiger partial charge in [0.2, 0.25) is 0 Å². The number of alkyl carbamates (subject to hydrolysis) is 1. The van der Waals surface area contributed by atoms with Crippen molar-refractivity contribution in [2.45, 2.75) is 143 Å². The number of carbonyl (C=O) groups excluding carboxylic acids is 4. The normalized spacial score (nSPS) is 41.5. The van der Waals surface area contributed by atoms with Gasteiger partial charge in [-0.15, -0.1) is 0 Å². The fraction of sp³-hybridized carbons (Fsp3) is 0.886. The van der Waals surface area contributed by atoms with Crippen LogP contribution in [0.25, 0.3) is 0 Å². The van der Waals surface area contributed by atoms with Crippen LogP contribution in [0, 0.1) is 29.6 Å². The zero-order chi connectivity index (χ0) is 36.2. The van der Waals surface area contributed by atoms with Crippen molar-refractivity contribution >= 4 is 23.9 Å². The Balaban J connectivity index is 2.13. The largest absolute Gasteiger partial charge is 0.458 e. The average molecular weight is 684 g/mol. The zero-order valence-corrected chi connectivity index (χ0v) is 31.1. The molecular weight excluding hydrogens is 622 g/mol. The summed E-state index contributed by atoms with van der Waals surface area (Å²) in [7, 11) is 3.79. The Morgan fingerprint density at radius 2 is 1.60 bits per heavy atom. The Kier molecular flexibility index (Phi) is 13.7. The van der Waals surface area contributed by atoms with Gasteiger partial charge >= 0.3 is 18.2 Å². The predicted octanol–water partition coefficient (Wildman–Crippen LogP) is 3.99.